The predicted octanol–water partition coefficient (Wildman–Crippen LogP) is 2.95. The van der Waals surface area contributed by atoms with Crippen molar-refractivity contribution in [1.29, 1.82) is 0 Å². The molecule has 2 aromatic carbocycles. The lowest BCUT2D eigenvalue weighted by Gasteiger charge is -2.08. The maximum Gasteiger partial charge on any atom is 0.243 e. The minimum absolute atomic E-state index is 0.0797. The first-order valence-electron chi connectivity index (χ1n) is 9.92. The number of hydrogen-bond donors (Lipinski definition) is 3. The van der Waals surface area contributed by atoms with Gasteiger partial charge in [0.05, 0.1) is 12.2 Å². The number of anilines is 1. The Morgan fingerprint density at radius 1 is 0.935 bits per heavy atom. The van der Waals surface area contributed by atoms with E-state index in [0.29, 0.717) is 18.5 Å². The number of benzene rings is 2. The highest BCUT2D eigenvalue weighted by Crippen LogP contribution is 2.18. The number of aryl methyl sites for hydroxylation is 1. The Morgan fingerprint density at radius 3 is 2.48 bits per heavy atom. The molecule has 8 nitrogen and oxygen atoms in total. The minimum atomic E-state index is -0.284. The van der Waals surface area contributed by atoms with E-state index >= 15 is 0 Å². The molecule has 2 heterocycles. The van der Waals surface area contributed by atoms with Crippen molar-refractivity contribution in [2.24, 2.45) is 0 Å². The maximum atomic E-state index is 12.1. The lowest BCUT2D eigenvalue weighted by Crippen LogP contribution is -2.32. The molecule has 0 aliphatic carbocycles. The molecule has 2 amide bonds. The van der Waals surface area contributed by atoms with Gasteiger partial charge in [0.25, 0.3) is 0 Å². The van der Waals surface area contributed by atoms with E-state index in [2.05, 4.69) is 25.7 Å². The van der Waals surface area contributed by atoms with Gasteiger partial charge in [-0.3, -0.25) is 9.59 Å². The number of aromatic nitrogens is 4. The van der Waals surface area contributed by atoms with Crippen LogP contribution in [0.15, 0.2) is 79.4 Å². The molecule has 8 heteroatoms. The van der Waals surface area contributed by atoms with Crippen molar-refractivity contribution in [2.75, 3.05) is 11.9 Å². The van der Waals surface area contributed by atoms with Crippen molar-refractivity contribution >= 4 is 17.5 Å². The lowest BCUT2D eigenvalue weighted by atomic mass is 10.2. The SMILES string of the molecule is O=C(CCc1ccc(-c2ccccc2)[nH]1)NCC(=O)Nc1ccc(-n2cncn2)cc1. The van der Waals surface area contributed by atoms with Crippen LogP contribution in [-0.2, 0) is 16.0 Å². The summed E-state index contributed by atoms with van der Waals surface area (Å²) < 4.78 is 1.62. The van der Waals surface area contributed by atoms with E-state index in [1.165, 1.54) is 6.33 Å². The van der Waals surface area contributed by atoms with Crippen molar-refractivity contribution < 1.29 is 9.59 Å². The molecule has 0 atom stereocenters. The van der Waals surface area contributed by atoms with Crippen LogP contribution in [0.3, 0.4) is 0 Å². The van der Waals surface area contributed by atoms with Crippen LogP contribution in [0.4, 0.5) is 5.69 Å². The summed E-state index contributed by atoms with van der Waals surface area (Å²) in [4.78, 5) is 31.4. The highest BCUT2D eigenvalue weighted by Gasteiger charge is 2.08. The Balaban J connectivity index is 1.20. The van der Waals surface area contributed by atoms with E-state index in [9.17, 15) is 9.59 Å². The number of carbonyl (C=O) groups excluding carboxylic acids is 2. The molecule has 0 saturated heterocycles. The van der Waals surface area contributed by atoms with E-state index in [1.807, 2.05) is 54.6 Å². The molecule has 0 spiro atoms. The van der Waals surface area contributed by atoms with E-state index in [4.69, 9.17) is 0 Å². The smallest absolute Gasteiger partial charge is 0.243 e. The highest BCUT2D eigenvalue weighted by molar-refractivity contribution is 5.94. The van der Waals surface area contributed by atoms with Crippen LogP contribution in [-0.4, -0.2) is 38.1 Å². The van der Waals surface area contributed by atoms with Crippen LogP contribution in [0.25, 0.3) is 16.9 Å². The van der Waals surface area contributed by atoms with Crippen LogP contribution in [0, 0.1) is 0 Å². The van der Waals surface area contributed by atoms with Gasteiger partial charge >= 0.3 is 0 Å². The molecule has 2 aromatic heterocycles. The van der Waals surface area contributed by atoms with E-state index in [0.717, 1.165) is 22.6 Å². The molecule has 0 fully saturated rings. The molecule has 3 N–H and O–H groups in total. The monoisotopic (exact) mass is 414 g/mol. The van der Waals surface area contributed by atoms with Gasteiger partial charge < -0.3 is 15.6 Å². The Bertz CT molecular complexity index is 1130. The normalized spacial score (nSPS) is 10.6. The molecule has 31 heavy (non-hydrogen) atoms. The summed E-state index contributed by atoms with van der Waals surface area (Å²) in [6.07, 6.45) is 3.92. The van der Waals surface area contributed by atoms with Gasteiger partial charge in [-0.25, -0.2) is 9.67 Å². The Labute approximate surface area is 179 Å². The molecule has 0 radical (unpaired) electrons. The molecule has 0 aliphatic rings. The lowest BCUT2D eigenvalue weighted by molar-refractivity contribution is -0.124. The number of aromatic amines is 1. The van der Waals surface area contributed by atoms with Crippen molar-refractivity contribution in [2.45, 2.75) is 12.8 Å². The van der Waals surface area contributed by atoms with Gasteiger partial charge in [-0.05, 0) is 48.4 Å². The summed E-state index contributed by atoms with van der Waals surface area (Å²) in [5, 5.41) is 9.47. The summed E-state index contributed by atoms with van der Waals surface area (Å²) in [7, 11) is 0. The quantitative estimate of drug-likeness (QED) is 0.412. The van der Waals surface area contributed by atoms with E-state index < -0.39 is 0 Å². The van der Waals surface area contributed by atoms with Crippen LogP contribution in [0.5, 0.6) is 0 Å². The van der Waals surface area contributed by atoms with Gasteiger partial charge in [0, 0.05) is 23.5 Å². The molecule has 0 unspecified atom stereocenters. The van der Waals surface area contributed by atoms with Gasteiger partial charge in [-0.1, -0.05) is 30.3 Å². The van der Waals surface area contributed by atoms with Crippen molar-refractivity contribution in [3.05, 3.63) is 85.1 Å². The molecule has 0 aliphatic heterocycles. The standard InChI is InChI=1S/C23H22N6O2/c30-22(13-9-18-8-12-21(27-18)17-4-2-1-3-5-17)25-14-23(31)28-19-6-10-20(11-7-19)29-16-24-15-26-29/h1-8,10-12,15-16,27H,9,13-14H2,(H,25,30)(H,28,31). The first-order chi connectivity index (χ1) is 15.2. The Hall–Kier alpha value is -4.20. The van der Waals surface area contributed by atoms with Crippen molar-refractivity contribution in [3.8, 4) is 16.9 Å². The molecular weight excluding hydrogens is 392 g/mol. The van der Waals surface area contributed by atoms with Gasteiger partial charge in [0.2, 0.25) is 11.8 Å². The fraction of sp³-hybridized carbons (Fsp3) is 0.130. The van der Waals surface area contributed by atoms with Gasteiger partial charge in [0.1, 0.15) is 12.7 Å². The number of hydrogen-bond acceptors (Lipinski definition) is 4. The van der Waals surface area contributed by atoms with Gasteiger partial charge in [-0.15, -0.1) is 0 Å². The molecule has 156 valence electrons. The largest absolute Gasteiger partial charge is 0.358 e. The van der Waals surface area contributed by atoms with Crippen LogP contribution >= 0.6 is 0 Å². The van der Waals surface area contributed by atoms with E-state index in [-0.39, 0.29) is 18.4 Å². The number of rotatable bonds is 8. The number of H-pyrrole nitrogens is 1. The van der Waals surface area contributed by atoms with Gasteiger partial charge in [-0.2, -0.15) is 5.10 Å². The summed E-state index contributed by atoms with van der Waals surface area (Å²) in [6, 6.07) is 21.2. The zero-order valence-electron chi connectivity index (χ0n) is 16.8. The predicted molar refractivity (Wildman–Crippen MR) is 118 cm³/mol. The summed E-state index contributed by atoms with van der Waals surface area (Å²) >= 11 is 0. The summed E-state index contributed by atoms with van der Waals surface area (Å²) in [5.41, 5.74) is 4.58. The fourth-order valence-corrected chi connectivity index (χ4v) is 3.13. The summed E-state index contributed by atoms with van der Waals surface area (Å²) in [6.45, 7) is -0.0797. The van der Waals surface area contributed by atoms with E-state index in [1.54, 1.807) is 23.1 Å². The Morgan fingerprint density at radius 2 is 1.74 bits per heavy atom. The second-order valence-electron chi connectivity index (χ2n) is 6.98. The van der Waals surface area contributed by atoms with Crippen LogP contribution in [0.1, 0.15) is 12.1 Å². The van der Waals surface area contributed by atoms with Crippen molar-refractivity contribution in [3.63, 3.8) is 0 Å². The number of carbonyl (C=O) groups is 2. The fourth-order valence-electron chi connectivity index (χ4n) is 3.13. The van der Waals surface area contributed by atoms with Crippen LogP contribution < -0.4 is 10.6 Å². The molecule has 4 rings (SSSR count). The maximum absolute atomic E-state index is 12.1. The number of amides is 2. The third kappa shape index (κ3) is 5.45. The van der Waals surface area contributed by atoms with Crippen LogP contribution in [0.2, 0.25) is 0 Å². The highest BCUT2D eigenvalue weighted by atomic mass is 16.2. The zero-order chi connectivity index (χ0) is 21.5. The average molecular weight is 414 g/mol. The number of nitrogens with zero attached hydrogens (tertiary/aromatic N) is 3. The van der Waals surface area contributed by atoms with Gasteiger partial charge in [0.15, 0.2) is 0 Å². The first kappa shape index (κ1) is 20.1. The second kappa shape index (κ2) is 9.53. The van der Waals surface area contributed by atoms with Crippen molar-refractivity contribution in [1.82, 2.24) is 25.1 Å². The third-order valence-corrected chi connectivity index (χ3v) is 4.73. The summed E-state index contributed by atoms with van der Waals surface area (Å²) in [5.74, 6) is -0.458. The number of nitrogens with one attached hydrogen (secondary N) is 3. The topological polar surface area (TPSA) is 105 Å². The minimum Gasteiger partial charge on any atom is -0.358 e. The molecule has 0 saturated carbocycles. The third-order valence-electron chi connectivity index (χ3n) is 4.73. The molecule has 0 bridgehead atoms. The molecular formula is C23H22N6O2. The zero-order valence-corrected chi connectivity index (χ0v) is 16.8. The average Bonchev–Trinajstić information content (AvgIpc) is 3.50. The molecule has 4 aromatic rings. The second-order valence-corrected chi connectivity index (χ2v) is 6.98. The first-order valence-corrected chi connectivity index (χ1v) is 9.92. The Kier molecular flexibility index (Phi) is 6.18.